The van der Waals surface area contributed by atoms with E-state index in [0.29, 0.717) is 5.82 Å². The predicted molar refractivity (Wildman–Crippen MR) is 72.7 cm³/mol. The van der Waals surface area contributed by atoms with E-state index < -0.39 is 0 Å². The molecule has 0 atom stereocenters. The summed E-state index contributed by atoms with van der Waals surface area (Å²) in [6, 6.07) is 14.4. The van der Waals surface area contributed by atoms with Crippen LogP contribution in [0, 0.1) is 0 Å². The maximum Gasteiger partial charge on any atom is 0.169 e. The molecule has 0 spiro atoms. The van der Waals surface area contributed by atoms with Gasteiger partial charge in [-0.1, -0.05) is 48.5 Å². The third-order valence-corrected chi connectivity index (χ3v) is 3.12. The van der Waals surface area contributed by atoms with Gasteiger partial charge in [0, 0.05) is 5.39 Å². The molecule has 18 heavy (non-hydrogen) atoms. The molecule has 1 aromatic heterocycles. The van der Waals surface area contributed by atoms with E-state index in [1.807, 2.05) is 28.9 Å². The van der Waals surface area contributed by atoms with Crippen LogP contribution in [0.15, 0.2) is 42.5 Å². The molecule has 0 saturated heterocycles. The maximum absolute atomic E-state index is 5.84. The lowest BCUT2D eigenvalue weighted by Gasteiger charge is -2.08. The van der Waals surface area contributed by atoms with E-state index in [1.54, 1.807) is 0 Å². The summed E-state index contributed by atoms with van der Waals surface area (Å²) in [5, 5.41) is 10.4. The van der Waals surface area contributed by atoms with Gasteiger partial charge in [-0.3, -0.25) is 0 Å². The maximum atomic E-state index is 5.84. The Morgan fingerprint density at radius 2 is 1.89 bits per heavy atom. The van der Waals surface area contributed by atoms with E-state index in [9.17, 15) is 0 Å². The molecule has 1 heterocycles. The van der Waals surface area contributed by atoms with Crippen molar-refractivity contribution in [2.24, 2.45) is 0 Å². The molecule has 0 aliphatic heterocycles. The van der Waals surface area contributed by atoms with Crippen molar-refractivity contribution in [3.05, 3.63) is 48.2 Å². The molecule has 0 saturated carbocycles. The van der Waals surface area contributed by atoms with Crippen LogP contribution < -0.4 is 5.73 Å². The molecule has 3 rings (SSSR count). The summed E-state index contributed by atoms with van der Waals surface area (Å²) >= 11 is 0. The molecule has 0 aliphatic rings. The molecule has 0 aliphatic carbocycles. The molecule has 0 unspecified atom stereocenters. The van der Waals surface area contributed by atoms with Gasteiger partial charge in [-0.05, 0) is 17.9 Å². The first-order valence-corrected chi connectivity index (χ1v) is 5.99. The second kappa shape index (κ2) is 4.14. The second-order valence-corrected chi connectivity index (χ2v) is 4.19. The van der Waals surface area contributed by atoms with E-state index in [2.05, 4.69) is 35.4 Å². The summed E-state index contributed by atoms with van der Waals surface area (Å²) in [6.45, 7) is 2.05. The Morgan fingerprint density at radius 3 is 2.72 bits per heavy atom. The van der Waals surface area contributed by atoms with Crippen molar-refractivity contribution >= 4 is 16.6 Å². The number of nitrogens with zero attached hydrogens (tertiary/aromatic N) is 3. The van der Waals surface area contributed by atoms with Gasteiger partial charge in [-0.25, -0.2) is 4.68 Å². The predicted octanol–water partition coefficient (Wildman–Crippen LogP) is 2.57. The van der Waals surface area contributed by atoms with Crippen LogP contribution in [-0.2, 0) is 6.42 Å². The lowest BCUT2D eigenvalue weighted by Crippen LogP contribution is -2.03. The highest BCUT2D eigenvalue weighted by molar-refractivity contribution is 5.90. The highest BCUT2D eigenvalue weighted by atomic mass is 15.4. The molecule has 4 nitrogen and oxygen atoms in total. The van der Waals surface area contributed by atoms with Gasteiger partial charge in [-0.2, -0.15) is 0 Å². The molecular weight excluding hydrogens is 224 g/mol. The Labute approximate surface area is 105 Å². The Kier molecular flexibility index (Phi) is 2.48. The quantitative estimate of drug-likeness (QED) is 0.746. The zero-order valence-corrected chi connectivity index (χ0v) is 10.2. The highest BCUT2D eigenvalue weighted by Crippen LogP contribution is 2.24. The number of hydrogen-bond donors (Lipinski definition) is 1. The average molecular weight is 238 g/mol. The van der Waals surface area contributed by atoms with Gasteiger partial charge in [0.05, 0.1) is 11.4 Å². The number of hydrogen-bond acceptors (Lipinski definition) is 3. The number of rotatable bonds is 2. The van der Waals surface area contributed by atoms with Gasteiger partial charge >= 0.3 is 0 Å². The van der Waals surface area contributed by atoms with Gasteiger partial charge in [-0.15, -0.1) is 5.10 Å². The molecule has 2 aromatic carbocycles. The summed E-state index contributed by atoms with van der Waals surface area (Å²) < 4.78 is 1.83. The van der Waals surface area contributed by atoms with Crippen molar-refractivity contribution in [1.82, 2.24) is 15.0 Å². The third-order valence-electron chi connectivity index (χ3n) is 3.12. The van der Waals surface area contributed by atoms with Gasteiger partial charge in [0.25, 0.3) is 0 Å². The van der Waals surface area contributed by atoms with E-state index in [-0.39, 0.29) is 0 Å². The fourth-order valence-corrected chi connectivity index (χ4v) is 2.23. The van der Waals surface area contributed by atoms with Crippen LogP contribution in [0.2, 0.25) is 0 Å². The first kappa shape index (κ1) is 10.8. The molecule has 0 amide bonds. The summed E-state index contributed by atoms with van der Waals surface area (Å²) in [7, 11) is 0. The standard InChI is InChI=1S/C14H14N4/c1-2-12-14(15)16-17-18(12)13-9-5-7-10-6-3-4-8-11(10)13/h3-9H,2,15H2,1H3. The van der Waals surface area contributed by atoms with Crippen molar-refractivity contribution in [3.63, 3.8) is 0 Å². The fourth-order valence-electron chi connectivity index (χ4n) is 2.23. The number of fused-ring (bicyclic) bond motifs is 1. The van der Waals surface area contributed by atoms with E-state index in [1.165, 1.54) is 5.39 Å². The molecule has 90 valence electrons. The van der Waals surface area contributed by atoms with Crippen molar-refractivity contribution in [1.29, 1.82) is 0 Å². The van der Waals surface area contributed by atoms with Gasteiger partial charge in [0.1, 0.15) is 0 Å². The minimum atomic E-state index is 0.505. The molecular formula is C14H14N4. The van der Waals surface area contributed by atoms with Crippen molar-refractivity contribution in [2.45, 2.75) is 13.3 Å². The van der Waals surface area contributed by atoms with Gasteiger partial charge < -0.3 is 5.73 Å². The van der Waals surface area contributed by atoms with Crippen LogP contribution in [-0.4, -0.2) is 15.0 Å². The summed E-state index contributed by atoms with van der Waals surface area (Å²) in [5.74, 6) is 0.505. The average Bonchev–Trinajstić information content (AvgIpc) is 2.79. The Balaban J connectivity index is 2.31. The summed E-state index contributed by atoms with van der Waals surface area (Å²) in [5.41, 5.74) is 7.81. The molecule has 2 N–H and O–H groups in total. The first-order valence-electron chi connectivity index (χ1n) is 5.99. The third kappa shape index (κ3) is 1.54. The minimum absolute atomic E-state index is 0.505. The number of nitrogens with two attached hydrogens (primary N) is 1. The molecule has 3 aromatic rings. The highest BCUT2D eigenvalue weighted by Gasteiger charge is 2.11. The van der Waals surface area contributed by atoms with Crippen LogP contribution in [0.1, 0.15) is 12.6 Å². The minimum Gasteiger partial charge on any atom is -0.381 e. The van der Waals surface area contributed by atoms with Crippen LogP contribution in [0.3, 0.4) is 0 Å². The smallest absolute Gasteiger partial charge is 0.169 e. The molecule has 0 radical (unpaired) electrons. The van der Waals surface area contributed by atoms with E-state index >= 15 is 0 Å². The van der Waals surface area contributed by atoms with E-state index in [4.69, 9.17) is 5.73 Å². The summed E-state index contributed by atoms with van der Waals surface area (Å²) in [4.78, 5) is 0. The van der Waals surface area contributed by atoms with Crippen LogP contribution >= 0.6 is 0 Å². The number of benzene rings is 2. The Bertz CT molecular complexity index is 695. The number of anilines is 1. The number of nitrogen functional groups attached to an aromatic ring is 1. The zero-order valence-electron chi connectivity index (χ0n) is 10.2. The monoisotopic (exact) mass is 238 g/mol. The number of aromatic nitrogens is 3. The second-order valence-electron chi connectivity index (χ2n) is 4.19. The zero-order chi connectivity index (χ0) is 12.5. The largest absolute Gasteiger partial charge is 0.381 e. The van der Waals surface area contributed by atoms with Crippen molar-refractivity contribution in [2.75, 3.05) is 5.73 Å². The fraction of sp³-hybridized carbons (Fsp3) is 0.143. The van der Waals surface area contributed by atoms with Crippen LogP contribution in [0.5, 0.6) is 0 Å². The topological polar surface area (TPSA) is 56.7 Å². The summed E-state index contributed by atoms with van der Waals surface area (Å²) in [6.07, 6.45) is 0.808. The molecule has 0 fully saturated rings. The normalized spacial score (nSPS) is 10.9. The molecule has 4 heteroatoms. The van der Waals surface area contributed by atoms with E-state index in [0.717, 1.165) is 23.2 Å². The Hall–Kier alpha value is -2.36. The lowest BCUT2D eigenvalue weighted by atomic mass is 10.1. The van der Waals surface area contributed by atoms with Gasteiger partial charge in [0.2, 0.25) is 0 Å². The first-order chi connectivity index (χ1) is 8.81. The van der Waals surface area contributed by atoms with Crippen LogP contribution in [0.25, 0.3) is 16.5 Å². The van der Waals surface area contributed by atoms with Crippen molar-refractivity contribution in [3.8, 4) is 5.69 Å². The van der Waals surface area contributed by atoms with Crippen molar-refractivity contribution < 1.29 is 0 Å². The Morgan fingerprint density at radius 1 is 1.11 bits per heavy atom. The SMILES string of the molecule is CCc1c(N)nnn1-c1cccc2ccccc12. The lowest BCUT2D eigenvalue weighted by molar-refractivity contribution is 0.772. The van der Waals surface area contributed by atoms with Crippen LogP contribution in [0.4, 0.5) is 5.82 Å². The molecule has 0 bridgehead atoms. The van der Waals surface area contributed by atoms with Gasteiger partial charge in [0.15, 0.2) is 5.82 Å².